The molecule has 29 heavy (non-hydrogen) atoms. The zero-order valence-electron chi connectivity index (χ0n) is 16.9. The quantitative estimate of drug-likeness (QED) is 0.327. The van der Waals surface area contributed by atoms with Crippen molar-refractivity contribution in [1.82, 2.24) is 0 Å². The molecule has 1 aliphatic heterocycles. The van der Waals surface area contributed by atoms with E-state index in [1.807, 2.05) is 42.5 Å². The molecule has 2 aromatic carbocycles. The number of rotatable bonds is 6. The largest absolute Gasteiger partial charge is 1.00 e. The Balaban J connectivity index is 0.00000300. The molecule has 6 heteroatoms. The first-order valence-electron chi connectivity index (χ1n) is 9.66. The van der Waals surface area contributed by atoms with Gasteiger partial charge in [-0.25, -0.2) is 0 Å². The number of nitrogens with zero attached hydrogens (tertiary/aromatic N) is 1. The Hall–Kier alpha value is -1.22. The normalized spacial score (nSPS) is 15.1. The van der Waals surface area contributed by atoms with Gasteiger partial charge in [-0.1, -0.05) is 40.2 Å². The SMILES string of the molecule is C[N+](C)(Cc1ccc(NC(=O)C=Cc2cccc(Br)c2)cc1)C1CCOCC1.[I-]. The molecule has 0 atom stereocenters. The molecule has 0 bridgehead atoms. The van der Waals surface area contributed by atoms with Gasteiger partial charge < -0.3 is 38.5 Å². The van der Waals surface area contributed by atoms with Gasteiger partial charge in [-0.05, 0) is 35.9 Å². The van der Waals surface area contributed by atoms with E-state index in [9.17, 15) is 4.79 Å². The highest BCUT2D eigenvalue weighted by atomic mass is 127. The maximum Gasteiger partial charge on any atom is 0.248 e. The van der Waals surface area contributed by atoms with E-state index < -0.39 is 0 Å². The minimum atomic E-state index is -0.133. The average molecular weight is 571 g/mol. The van der Waals surface area contributed by atoms with Crippen LogP contribution >= 0.6 is 15.9 Å². The standard InChI is InChI=1S/C23H27BrN2O2.HI/c1-26(2,22-12-14-28-15-13-22)17-19-6-9-21(10-7-19)25-23(27)11-8-18-4-3-5-20(24)16-18;/h3-11,16,22H,12-15,17H2,1-2H3;1H. The van der Waals surface area contributed by atoms with E-state index in [4.69, 9.17) is 4.74 Å². The number of amides is 1. The second-order valence-corrected chi connectivity index (χ2v) is 8.77. The summed E-state index contributed by atoms with van der Waals surface area (Å²) in [7, 11) is 4.58. The smallest absolute Gasteiger partial charge is 0.248 e. The number of anilines is 1. The molecule has 0 saturated carbocycles. The lowest BCUT2D eigenvalue weighted by Crippen LogP contribution is -3.00. The zero-order chi connectivity index (χ0) is 20.0. The van der Waals surface area contributed by atoms with Gasteiger partial charge in [-0.3, -0.25) is 4.79 Å². The number of halogens is 2. The third-order valence-corrected chi connectivity index (χ3v) is 5.76. The van der Waals surface area contributed by atoms with Gasteiger partial charge in [-0.15, -0.1) is 0 Å². The van der Waals surface area contributed by atoms with Crippen LogP contribution in [0.1, 0.15) is 24.0 Å². The molecule has 1 amide bonds. The molecule has 0 aliphatic carbocycles. The molecule has 0 aromatic heterocycles. The van der Waals surface area contributed by atoms with Gasteiger partial charge in [-0.2, -0.15) is 0 Å². The van der Waals surface area contributed by atoms with Crippen LogP contribution in [0, 0.1) is 0 Å². The van der Waals surface area contributed by atoms with Crippen LogP contribution in [0.15, 0.2) is 59.1 Å². The summed E-state index contributed by atoms with van der Waals surface area (Å²) in [5, 5.41) is 2.92. The maximum absolute atomic E-state index is 12.2. The van der Waals surface area contributed by atoms with E-state index in [2.05, 4.69) is 47.5 Å². The lowest BCUT2D eigenvalue weighted by atomic mass is 10.0. The Bertz CT molecular complexity index is 831. The Morgan fingerprint density at radius 1 is 1.17 bits per heavy atom. The Morgan fingerprint density at radius 3 is 2.52 bits per heavy atom. The third-order valence-electron chi connectivity index (χ3n) is 5.27. The van der Waals surface area contributed by atoms with E-state index >= 15 is 0 Å². The van der Waals surface area contributed by atoms with E-state index in [1.165, 1.54) is 5.56 Å². The number of hydrogen-bond donors (Lipinski definition) is 1. The Kier molecular flexibility index (Phi) is 9.33. The van der Waals surface area contributed by atoms with Gasteiger partial charge in [0.15, 0.2) is 0 Å². The number of hydrogen-bond acceptors (Lipinski definition) is 2. The second kappa shape index (κ2) is 11.2. The number of quaternary nitrogens is 1. The van der Waals surface area contributed by atoms with Crippen molar-refractivity contribution in [1.29, 1.82) is 0 Å². The predicted octanol–water partition coefficient (Wildman–Crippen LogP) is 1.86. The molecule has 1 heterocycles. The minimum Gasteiger partial charge on any atom is -1.00 e. The molecule has 156 valence electrons. The Morgan fingerprint density at radius 2 is 1.86 bits per heavy atom. The first-order chi connectivity index (χ1) is 13.4. The highest BCUT2D eigenvalue weighted by molar-refractivity contribution is 9.10. The van der Waals surface area contributed by atoms with Crippen LogP contribution in [0.2, 0.25) is 0 Å². The fraction of sp³-hybridized carbons (Fsp3) is 0.348. The van der Waals surface area contributed by atoms with Gasteiger partial charge >= 0.3 is 0 Å². The van der Waals surface area contributed by atoms with Crippen LogP contribution in [-0.4, -0.2) is 43.7 Å². The van der Waals surface area contributed by atoms with Crippen LogP contribution in [0.5, 0.6) is 0 Å². The lowest BCUT2D eigenvalue weighted by Gasteiger charge is -2.40. The Labute approximate surface area is 199 Å². The van der Waals surface area contributed by atoms with Crippen molar-refractivity contribution in [3.05, 3.63) is 70.2 Å². The molecule has 4 nitrogen and oxygen atoms in total. The van der Waals surface area contributed by atoms with Crippen molar-refractivity contribution in [2.75, 3.05) is 32.6 Å². The van der Waals surface area contributed by atoms with Crippen LogP contribution in [0.3, 0.4) is 0 Å². The summed E-state index contributed by atoms with van der Waals surface area (Å²) < 4.78 is 7.45. The van der Waals surface area contributed by atoms with Crippen molar-refractivity contribution in [3.63, 3.8) is 0 Å². The van der Waals surface area contributed by atoms with Crippen molar-refractivity contribution < 1.29 is 38.0 Å². The summed E-state index contributed by atoms with van der Waals surface area (Å²) >= 11 is 3.43. The van der Waals surface area contributed by atoms with Gasteiger partial charge in [0.1, 0.15) is 6.54 Å². The van der Waals surface area contributed by atoms with Crippen LogP contribution < -0.4 is 29.3 Å². The molecule has 2 aromatic rings. The summed E-state index contributed by atoms with van der Waals surface area (Å²) in [6, 6.07) is 16.6. The summed E-state index contributed by atoms with van der Waals surface area (Å²) in [5.41, 5.74) is 3.07. The second-order valence-electron chi connectivity index (χ2n) is 7.85. The van der Waals surface area contributed by atoms with Gasteiger partial charge in [0.25, 0.3) is 0 Å². The van der Waals surface area contributed by atoms with Crippen molar-refractivity contribution in [2.24, 2.45) is 0 Å². The van der Waals surface area contributed by atoms with Crippen LogP contribution in [-0.2, 0) is 16.1 Å². The molecule has 1 saturated heterocycles. The van der Waals surface area contributed by atoms with Crippen LogP contribution in [0.25, 0.3) is 6.08 Å². The summed E-state index contributed by atoms with van der Waals surface area (Å²) in [4.78, 5) is 12.2. The molecule has 0 radical (unpaired) electrons. The first kappa shape index (κ1) is 24.1. The van der Waals surface area contributed by atoms with Gasteiger partial charge in [0.05, 0.1) is 33.4 Å². The molecule has 0 spiro atoms. The van der Waals surface area contributed by atoms with Gasteiger partial charge in [0, 0.05) is 34.6 Å². The number of nitrogens with one attached hydrogen (secondary N) is 1. The topological polar surface area (TPSA) is 38.3 Å². The van der Waals surface area contributed by atoms with Gasteiger partial charge in [0.2, 0.25) is 5.91 Å². The molecule has 0 unspecified atom stereocenters. The first-order valence-corrected chi connectivity index (χ1v) is 10.5. The van der Waals surface area contributed by atoms with Crippen LogP contribution in [0.4, 0.5) is 5.69 Å². The minimum absolute atomic E-state index is 0. The zero-order valence-corrected chi connectivity index (χ0v) is 20.6. The molecule has 1 N–H and O–H groups in total. The molecular weight excluding hydrogens is 543 g/mol. The average Bonchev–Trinajstić information content (AvgIpc) is 2.68. The lowest BCUT2D eigenvalue weighted by molar-refractivity contribution is -0.929. The van der Waals surface area contributed by atoms with Crippen molar-refractivity contribution in [2.45, 2.75) is 25.4 Å². The summed E-state index contributed by atoms with van der Waals surface area (Å²) in [6.07, 6.45) is 5.60. The summed E-state index contributed by atoms with van der Waals surface area (Å²) in [5.74, 6) is -0.133. The number of benzene rings is 2. The maximum atomic E-state index is 12.2. The third kappa shape index (κ3) is 7.51. The molecule has 1 fully saturated rings. The number of ether oxygens (including phenoxy) is 1. The highest BCUT2D eigenvalue weighted by Gasteiger charge is 2.30. The summed E-state index contributed by atoms with van der Waals surface area (Å²) in [6.45, 7) is 2.71. The van der Waals surface area contributed by atoms with Crippen molar-refractivity contribution in [3.8, 4) is 0 Å². The monoisotopic (exact) mass is 570 g/mol. The van der Waals surface area contributed by atoms with E-state index in [0.717, 1.165) is 52.8 Å². The van der Waals surface area contributed by atoms with E-state index in [0.29, 0.717) is 6.04 Å². The molecular formula is C23H28BrIN2O2. The van der Waals surface area contributed by atoms with Crippen molar-refractivity contribution >= 4 is 33.6 Å². The predicted molar refractivity (Wildman–Crippen MR) is 118 cm³/mol. The van der Waals surface area contributed by atoms with E-state index in [-0.39, 0.29) is 29.9 Å². The van der Waals surface area contributed by atoms with E-state index in [1.54, 1.807) is 6.08 Å². The number of carbonyl (C=O) groups excluding carboxylic acids is 1. The molecule has 1 aliphatic rings. The molecule has 3 rings (SSSR count). The number of carbonyl (C=O) groups is 1. The fourth-order valence-electron chi connectivity index (χ4n) is 3.64. The highest BCUT2D eigenvalue weighted by Crippen LogP contribution is 2.23. The fourth-order valence-corrected chi connectivity index (χ4v) is 4.06.